The van der Waals surface area contributed by atoms with E-state index in [9.17, 15) is 4.79 Å². The van der Waals surface area contributed by atoms with Crippen LogP contribution in [-0.2, 0) is 4.79 Å². The van der Waals surface area contributed by atoms with E-state index >= 15 is 0 Å². The summed E-state index contributed by atoms with van der Waals surface area (Å²) in [5.41, 5.74) is 5.97. The number of piperazine rings is 1. The van der Waals surface area contributed by atoms with Crippen molar-refractivity contribution in [1.82, 2.24) is 9.80 Å². The molecule has 0 radical (unpaired) electrons. The Morgan fingerprint density at radius 1 is 1.12 bits per heavy atom. The molecule has 2 aliphatic heterocycles. The maximum Gasteiger partial charge on any atom is 0.222 e. The topological polar surface area (TPSA) is 49.6 Å². The van der Waals surface area contributed by atoms with Crippen LogP contribution in [-0.4, -0.2) is 53.5 Å². The third kappa shape index (κ3) is 1.74. The molecule has 1 amide bonds. The van der Waals surface area contributed by atoms with Gasteiger partial charge in [-0.15, -0.1) is 0 Å². The van der Waals surface area contributed by atoms with Crippen LogP contribution in [0.2, 0.25) is 0 Å². The first kappa shape index (κ1) is 10.5. The smallest absolute Gasteiger partial charge is 0.222 e. The van der Waals surface area contributed by atoms with Gasteiger partial charge in [0.25, 0.3) is 0 Å². The van der Waals surface area contributed by atoms with Crippen molar-refractivity contribution < 1.29 is 4.79 Å². The molecular weight excluding hydrogens is 202 g/mol. The minimum Gasteiger partial charge on any atom is -0.337 e. The van der Waals surface area contributed by atoms with E-state index in [-0.39, 0.29) is 0 Å². The van der Waals surface area contributed by atoms with E-state index in [1.54, 1.807) is 0 Å². The quantitative estimate of drug-likeness (QED) is 0.689. The van der Waals surface area contributed by atoms with Gasteiger partial charge in [0.1, 0.15) is 0 Å². The summed E-state index contributed by atoms with van der Waals surface area (Å²) in [7, 11) is 0. The van der Waals surface area contributed by atoms with E-state index in [2.05, 4.69) is 9.80 Å². The summed E-state index contributed by atoms with van der Waals surface area (Å²) >= 11 is 0. The van der Waals surface area contributed by atoms with Crippen LogP contribution in [0.1, 0.15) is 32.1 Å². The van der Waals surface area contributed by atoms with E-state index < -0.39 is 0 Å². The number of hydrogen-bond acceptors (Lipinski definition) is 3. The van der Waals surface area contributed by atoms with Crippen molar-refractivity contribution >= 4 is 5.91 Å². The summed E-state index contributed by atoms with van der Waals surface area (Å²) in [6.45, 7) is 3.08. The Labute approximate surface area is 96.8 Å². The summed E-state index contributed by atoms with van der Waals surface area (Å²) in [6.07, 6.45) is 5.41. The van der Waals surface area contributed by atoms with E-state index in [1.807, 2.05) is 0 Å². The van der Waals surface area contributed by atoms with E-state index in [0.29, 0.717) is 24.0 Å². The zero-order chi connectivity index (χ0) is 11.1. The number of nitrogens with zero attached hydrogens (tertiary/aromatic N) is 2. The monoisotopic (exact) mass is 223 g/mol. The summed E-state index contributed by atoms with van der Waals surface area (Å²) in [5.74, 6) is 0.368. The first-order valence-electron chi connectivity index (χ1n) is 6.53. The zero-order valence-corrected chi connectivity index (χ0v) is 9.77. The van der Waals surface area contributed by atoms with Gasteiger partial charge in [-0.25, -0.2) is 0 Å². The number of hydrogen-bond donors (Lipinski definition) is 1. The van der Waals surface area contributed by atoms with Crippen molar-refractivity contribution in [2.45, 2.75) is 50.2 Å². The molecule has 3 atom stereocenters. The number of fused-ring (bicyclic) bond motifs is 1. The van der Waals surface area contributed by atoms with Crippen molar-refractivity contribution in [2.75, 3.05) is 19.6 Å². The van der Waals surface area contributed by atoms with Crippen molar-refractivity contribution in [3.8, 4) is 0 Å². The maximum atomic E-state index is 11.6. The molecule has 90 valence electrons. The summed E-state index contributed by atoms with van der Waals surface area (Å²) < 4.78 is 0. The van der Waals surface area contributed by atoms with Crippen LogP contribution in [0.5, 0.6) is 0 Å². The van der Waals surface area contributed by atoms with Crippen LogP contribution < -0.4 is 5.73 Å². The molecule has 3 rings (SSSR count). The molecule has 1 aliphatic carbocycles. The molecule has 4 nitrogen and oxygen atoms in total. The predicted octanol–water partition coefficient (Wildman–Crippen LogP) is 0.173. The Kier molecular flexibility index (Phi) is 2.64. The molecular formula is C12H21N3O. The highest BCUT2D eigenvalue weighted by atomic mass is 16.2. The van der Waals surface area contributed by atoms with Gasteiger partial charge in [0.05, 0.1) is 0 Å². The Bertz CT molecular complexity index is 294. The Morgan fingerprint density at radius 3 is 2.75 bits per heavy atom. The third-order valence-corrected chi connectivity index (χ3v) is 4.49. The van der Waals surface area contributed by atoms with Gasteiger partial charge in [-0.2, -0.15) is 0 Å². The summed E-state index contributed by atoms with van der Waals surface area (Å²) in [4.78, 5) is 16.2. The van der Waals surface area contributed by atoms with Gasteiger partial charge < -0.3 is 10.6 Å². The minimum absolute atomic E-state index is 0.368. The molecule has 1 saturated carbocycles. The number of rotatable bonds is 1. The van der Waals surface area contributed by atoms with E-state index in [4.69, 9.17) is 5.73 Å². The molecule has 3 fully saturated rings. The molecule has 2 saturated heterocycles. The third-order valence-electron chi connectivity index (χ3n) is 4.49. The molecule has 0 unspecified atom stereocenters. The Hall–Kier alpha value is -0.610. The molecule has 0 bridgehead atoms. The average Bonchev–Trinajstić information content (AvgIpc) is 2.86. The predicted molar refractivity (Wildman–Crippen MR) is 61.9 cm³/mol. The second kappa shape index (κ2) is 4.00. The highest BCUT2D eigenvalue weighted by Gasteiger charge is 2.38. The standard InChI is InChI=1S/C12H21N3O/c13-9-1-2-10(7-9)14-5-6-15-11(8-14)3-4-12(15)16/h9-11H,1-8,13H2/t9-,10+,11+/m1/s1. The largest absolute Gasteiger partial charge is 0.337 e. The van der Waals surface area contributed by atoms with Crippen LogP contribution in [0.4, 0.5) is 0 Å². The van der Waals surface area contributed by atoms with Gasteiger partial charge in [0.15, 0.2) is 0 Å². The number of carbonyl (C=O) groups is 1. The lowest BCUT2D eigenvalue weighted by atomic mass is 10.1. The van der Waals surface area contributed by atoms with Gasteiger partial charge in [0.2, 0.25) is 5.91 Å². The summed E-state index contributed by atoms with van der Waals surface area (Å²) in [5, 5.41) is 0. The van der Waals surface area contributed by atoms with Crippen LogP contribution in [0.25, 0.3) is 0 Å². The average molecular weight is 223 g/mol. The lowest BCUT2D eigenvalue weighted by Crippen LogP contribution is -2.54. The van der Waals surface area contributed by atoms with Gasteiger partial charge in [0, 0.05) is 44.2 Å². The Balaban J connectivity index is 1.62. The highest BCUT2D eigenvalue weighted by molar-refractivity contribution is 5.78. The molecule has 0 aromatic heterocycles. The molecule has 3 aliphatic rings. The van der Waals surface area contributed by atoms with Crippen LogP contribution >= 0.6 is 0 Å². The summed E-state index contributed by atoms with van der Waals surface area (Å²) in [6, 6.07) is 1.60. The highest BCUT2D eigenvalue weighted by Crippen LogP contribution is 2.28. The zero-order valence-electron chi connectivity index (χ0n) is 9.77. The molecule has 2 N–H and O–H groups in total. The van der Waals surface area contributed by atoms with Gasteiger partial charge in [-0.1, -0.05) is 0 Å². The van der Waals surface area contributed by atoms with Crippen molar-refractivity contribution in [3.63, 3.8) is 0 Å². The fourth-order valence-corrected chi connectivity index (χ4v) is 3.54. The molecule has 0 aromatic rings. The molecule has 4 heteroatoms. The molecule has 0 spiro atoms. The SMILES string of the molecule is N[C@@H]1CC[C@H](N2CCN3C(=O)CC[C@H]3C2)C1. The first-order chi connectivity index (χ1) is 7.74. The van der Waals surface area contributed by atoms with E-state index in [1.165, 1.54) is 12.8 Å². The number of nitrogens with two attached hydrogens (primary N) is 1. The van der Waals surface area contributed by atoms with Gasteiger partial charge >= 0.3 is 0 Å². The van der Waals surface area contributed by atoms with Gasteiger partial charge in [-0.05, 0) is 25.7 Å². The van der Waals surface area contributed by atoms with E-state index in [0.717, 1.165) is 38.9 Å². The van der Waals surface area contributed by atoms with Crippen LogP contribution in [0.15, 0.2) is 0 Å². The normalized spacial score (nSPS) is 40.4. The number of amides is 1. The Morgan fingerprint density at radius 2 is 2.00 bits per heavy atom. The lowest BCUT2D eigenvalue weighted by molar-refractivity contribution is -0.131. The van der Waals surface area contributed by atoms with Crippen molar-refractivity contribution in [1.29, 1.82) is 0 Å². The van der Waals surface area contributed by atoms with Crippen molar-refractivity contribution in [2.24, 2.45) is 5.73 Å². The molecule has 0 aromatic carbocycles. The second-order valence-corrected chi connectivity index (χ2v) is 5.50. The van der Waals surface area contributed by atoms with Gasteiger partial charge in [-0.3, -0.25) is 9.69 Å². The first-order valence-corrected chi connectivity index (χ1v) is 6.53. The molecule has 2 heterocycles. The fourth-order valence-electron chi connectivity index (χ4n) is 3.54. The lowest BCUT2D eigenvalue weighted by Gasteiger charge is -2.40. The molecule has 16 heavy (non-hydrogen) atoms. The minimum atomic E-state index is 0.368. The second-order valence-electron chi connectivity index (χ2n) is 5.50. The maximum absolute atomic E-state index is 11.6. The fraction of sp³-hybridized carbons (Fsp3) is 0.917. The van der Waals surface area contributed by atoms with Crippen LogP contribution in [0.3, 0.4) is 0 Å². The number of carbonyl (C=O) groups excluding carboxylic acids is 1. The van der Waals surface area contributed by atoms with Crippen molar-refractivity contribution in [3.05, 3.63) is 0 Å². The van der Waals surface area contributed by atoms with Crippen LogP contribution in [0, 0.1) is 0 Å².